The van der Waals surface area contributed by atoms with Crippen molar-refractivity contribution in [3.05, 3.63) is 37.0 Å². The van der Waals surface area contributed by atoms with Crippen LogP contribution in [0.4, 0.5) is 0 Å². The molecule has 0 saturated carbocycles. The van der Waals surface area contributed by atoms with Crippen LogP contribution >= 0.6 is 0 Å². The Morgan fingerprint density at radius 1 is 0.857 bits per heavy atom. The first-order chi connectivity index (χ1) is 22.9. The van der Waals surface area contributed by atoms with Crippen molar-refractivity contribution in [2.75, 3.05) is 39.6 Å². The average Bonchev–Trinajstić information content (AvgIpc) is 3.92. The standard InChI is InChI=1S/C17H22O7.C15H16O7.Al.B.HN/c1-3-11(2)14(19)22-7-6-21-13(18)9-16-8-12-4-5-17(16,24-12)10-23-15(16)20;1-2-11(16)19-5-6-20-12(17)8-14-7-10-3-4-15(14,22-10)9-21-13(14)18;;;/h4-5,11-12H,3,6-10H2,1-2H3;2-4,10H,1,5-9H2;;;1H. The van der Waals surface area contributed by atoms with Crippen LogP contribution in [-0.2, 0) is 66.7 Å². The molecule has 4 saturated heterocycles. The SMILES string of the molecule is C=CC(=O)OCCOC(=O)CC12CC3C=CC1(COC2=O)O3.CCC(C)C(=O)OCCOC(=O)CC12CC3C=CC1(COC2=O)O3.[B].[NH]=[Al]. The van der Waals surface area contributed by atoms with Gasteiger partial charge in [-0.2, -0.15) is 0 Å². The van der Waals surface area contributed by atoms with E-state index in [-0.39, 0.29) is 85.0 Å². The molecule has 1 N–H and O–H groups in total. The number of ether oxygens (including phenoxy) is 8. The second-order valence-corrected chi connectivity index (χ2v) is 12.2. The molecule has 6 aliphatic heterocycles. The molecule has 0 amide bonds. The van der Waals surface area contributed by atoms with Crippen molar-refractivity contribution in [2.45, 2.75) is 69.4 Å². The Labute approximate surface area is 293 Å². The Balaban J connectivity index is 0.000000249. The van der Waals surface area contributed by atoms with Crippen molar-refractivity contribution in [3.8, 4) is 0 Å². The summed E-state index contributed by atoms with van der Waals surface area (Å²) in [7, 11) is 0. The molecule has 0 aliphatic carbocycles. The molecule has 0 aromatic carbocycles. The fourth-order valence-corrected chi connectivity index (χ4v) is 6.74. The molecule has 2 spiro atoms. The van der Waals surface area contributed by atoms with Crippen molar-refractivity contribution in [1.82, 2.24) is 0 Å². The molecule has 17 heteroatoms. The number of nitrogens with one attached hydrogen (secondary N) is 1. The molecular weight excluding hydrogens is 660 g/mol. The summed E-state index contributed by atoms with van der Waals surface area (Å²) in [6.07, 6.45) is 9.49. The predicted molar refractivity (Wildman–Crippen MR) is 166 cm³/mol. The number of rotatable bonds is 13. The fourth-order valence-electron chi connectivity index (χ4n) is 6.74. The number of carbonyl (C=O) groups excluding carboxylic acids is 6. The van der Waals surface area contributed by atoms with E-state index in [4.69, 9.17) is 42.2 Å². The van der Waals surface area contributed by atoms with Gasteiger partial charge in [-0.3, -0.25) is 24.0 Å². The van der Waals surface area contributed by atoms with Crippen LogP contribution in [0.1, 0.15) is 46.0 Å². The van der Waals surface area contributed by atoms with Crippen LogP contribution < -0.4 is 0 Å². The normalized spacial score (nSPS) is 32.0. The van der Waals surface area contributed by atoms with Gasteiger partial charge in [0.25, 0.3) is 0 Å². The third-order valence-corrected chi connectivity index (χ3v) is 9.47. The molecule has 7 unspecified atom stereocenters. The van der Waals surface area contributed by atoms with Gasteiger partial charge in [0.1, 0.15) is 61.7 Å². The zero-order valence-electron chi connectivity index (χ0n) is 27.5. The van der Waals surface area contributed by atoms with Crippen molar-refractivity contribution in [2.24, 2.45) is 16.7 Å². The number of hydrogen-bond donors (Lipinski definition) is 1. The monoisotopic (exact) mass is 699 g/mol. The first-order valence-corrected chi connectivity index (χ1v) is 16.2. The maximum absolute atomic E-state index is 12.2. The van der Waals surface area contributed by atoms with Gasteiger partial charge in [0, 0.05) is 14.5 Å². The van der Waals surface area contributed by atoms with Crippen LogP contribution in [-0.4, -0.2) is 123 Å². The summed E-state index contributed by atoms with van der Waals surface area (Å²) in [5.41, 5.74) is -3.67. The second-order valence-electron chi connectivity index (χ2n) is 12.2. The Morgan fingerprint density at radius 2 is 1.29 bits per heavy atom. The van der Waals surface area contributed by atoms with Crippen molar-refractivity contribution in [1.29, 1.82) is 4.35 Å². The quantitative estimate of drug-likeness (QED) is 0.0712. The second kappa shape index (κ2) is 16.4. The van der Waals surface area contributed by atoms with Crippen molar-refractivity contribution >= 4 is 60.3 Å². The van der Waals surface area contributed by atoms with Gasteiger partial charge in [-0.1, -0.05) is 32.6 Å². The molecule has 4 radical (unpaired) electrons. The molecule has 15 nitrogen and oxygen atoms in total. The van der Waals surface area contributed by atoms with E-state index in [2.05, 4.69) is 6.58 Å². The van der Waals surface area contributed by atoms with Crippen LogP contribution in [0.5, 0.6) is 0 Å². The first kappa shape index (κ1) is 39.8. The van der Waals surface area contributed by atoms with E-state index >= 15 is 0 Å². The van der Waals surface area contributed by atoms with Gasteiger partial charge in [0.15, 0.2) is 0 Å². The first-order valence-electron chi connectivity index (χ1n) is 15.6. The van der Waals surface area contributed by atoms with Gasteiger partial charge in [-0.05, 0) is 31.4 Å². The number of fused-ring (bicyclic) bond motifs is 2. The molecule has 7 atom stereocenters. The Morgan fingerprint density at radius 3 is 1.69 bits per heavy atom. The molecule has 6 heterocycles. The van der Waals surface area contributed by atoms with Gasteiger partial charge in [-0.25, -0.2) is 4.79 Å². The van der Waals surface area contributed by atoms with Gasteiger partial charge in [0.05, 0.1) is 31.0 Å². The Kier molecular flexibility index (Phi) is 13.3. The predicted octanol–water partition coefficient (Wildman–Crippen LogP) is 0.976. The molecule has 4 fully saturated rings. The number of cyclic esters (lactones) is 2. The van der Waals surface area contributed by atoms with Crippen LogP contribution in [0.15, 0.2) is 37.0 Å². The van der Waals surface area contributed by atoms with Crippen LogP contribution in [0.25, 0.3) is 0 Å². The number of esters is 6. The van der Waals surface area contributed by atoms with E-state index in [1.807, 2.05) is 31.2 Å². The van der Waals surface area contributed by atoms with Crippen molar-refractivity contribution < 1.29 is 66.7 Å². The van der Waals surface area contributed by atoms with E-state index < -0.39 is 51.9 Å². The third-order valence-electron chi connectivity index (χ3n) is 9.47. The summed E-state index contributed by atoms with van der Waals surface area (Å²) >= 11 is 1.67. The Bertz CT molecular complexity index is 1390. The van der Waals surface area contributed by atoms with E-state index in [0.717, 1.165) is 6.08 Å². The van der Waals surface area contributed by atoms with Gasteiger partial charge in [-0.15, -0.1) is 0 Å². The molecule has 6 rings (SSSR count). The fraction of sp³-hybridized carbons (Fsp3) is 0.625. The average molecular weight is 699 g/mol. The molecule has 262 valence electrons. The summed E-state index contributed by atoms with van der Waals surface area (Å²) in [5.74, 6) is -2.96. The molecule has 6 aliphatic rings. The molecule has 4 bridgehead atoms. The minimum absolute atomic E-state index is 0. The minimum atomic E-state index is -0.999. The summed E-state index contributed by atoms with van der Waals surface area (Å²) in [6.45, 7) is 7.05. The summed E-state index contributed by atoms with van der Waals surface area (Å²) in [6, 6.07) is 0. The van der Waals surface area contributed by atoms with Crippen LogP contribution in [0, 0.1) is 21.1 Å². The summed E-state index contributed by atoms with van der Waals surface area (Å²) in [5, 5.41) is 0. The van der Waals surface area contributed by atoms with Gasteiger partial charge < -0.3 is 37.9 Å². The molecule has 49 heavy (non-hydrogen) atoms. The van der Waals surface area contributed by atoms with E-state index in [0.29, 0.717) is 19.3 Å². The Hall–Kier alpha value is -3.64. The zero-order chi connectivity index (χ0) is 35.2. The summed E-state index contributed by atoms with van der Waals surface area (Å²) < 4.78 is 47.4. The molecular formula is C32H39AlBNO14. The molecule has 0 aromatic heterocycles. The van der Waals surface area contributed by atoms with E-state index in [1.54, 1.807) is 23.0 Å². The maximum atomic E-state index is 12.2. The topological polar surface area (TPSA) is 200 Å². The van der Waals surface area contributed by atoms with Gasteiger partial charge >= 0.3 is 56.3 Å². The summed E-state index contributed by atoms with van der Waals surface area (Å²) in [4.78, 5) is 70.9. The van der Waals surface area contributed by atoms with Gasteiger partial charge in [0.2, 0.25) is 0 Å². The van der Waals surface area contributed by atoms with E-state index in [1.165, 1.54) is 0 Å². The number of hydrogen-bond acceptors (Lipinski definition) is 15. The zero-order valence-corrected chi connectivity index (χ0v) is 28.6. The van der Waals surface area contributed by atoms with Crippen molar-refractivity contribution in [3.63, 3.8) is 0 Å². The van der Waals surface area contributed by atoms with Crippen LogP contribution in [0.2, 0.25) is 0 Å². The van der Waals surface area contributed by atoms with E-state index in [9.17, 15) is 28.8 Å². The van der Waals surface area contributed by atoms with Crippen LogP contribution in [0.3, 0.4) is 0 Å². The number of carbonyl (C=O) groups is 6. The molecule has 0 aromatic rings. The third kappa shape index (κ3) is 7.60.